The van der Waals surface area contributed by atoms with E-state index in [1.165, 1.54) is 0 Å². The molecule has 78 valence electrons. The Kier molecular flexibility index (Phi) is 4.07. The van der Waals surface area contributed by atoms with Crippen molar-refractivity contribution in [2.75, 3.05) is 0 Å². The van der Waals surface area contributed by atoms with Crippen LogP contribution in [0, 0.1) is 0 Å². The minimum absolute atomic E-state index is 0.340. The molecule has 1 unspecified atom stereocenters. The molecule has 0 radical (unpaired) electrons. The lowest BCUT2D eigenvalue weighted by molar-refractivity contribution is 0.195. The van der Waals surface area contributed by atoms with Crippen molar-refractivity contribution in [3.8, 4) is 0 Å². The van der Waals surface area contributed by atoms with E-state index < -0.39 is 0 Å². The van der Waals surface area contributed by atoms with Crippen molar-refractivity contribution in [1.82, 2.24) is 0 Å². The minimum atomic E-state index is -0.340. The second kappa shape index (κ2) is 5.10. The SMILES string of the molecule is CC(O)Cc1cccc(CN)c1CN. The van der Waals surface area contributed by atoms with Gasteiger partial charge in [0.1, 0.15) is 0 Å². The topological polar surface area (TPSA) is 72.3 Å². The van der Waals surface area contributed by atoms with Gasteiger partial charge in [-0.3, -0.25) is 0 Å². The number of nitrogens with two attached hydrogens (primary N) is 2. The van der Waals surface area contributed by atoms with Crippen LogP contribution in [0.1, 0.15) is 23.6 Å². The zero-order chi connectivity index (χ0) is 10.6. The van der Waals surface area contributed by atoms with E-state index in [2.05, 4.69) is 0 Å². The number of aliphatic hydroxyl groups excluding tert-OH is 1. The summed E-state index contributed by atoms with van der Waals surface area (Å²) in [6.07, 6.45) is 0.300. The summed E-state index contributed by atoms with van der Waals surface area (Å²) in [6, 6.07) is 5.93. The molecule has 0 bridgehead atoms. The smallest absolute Gasteiger partial charge is 0.0552 e. The molecule has 3 nitrogen and oxygen atoms in total. The van der Waals surface area contributed by atoms with Gasteiger partial charge in [0, 0.05) is 13.1 Å². The van der Waals surface area contributed by atoms with Crippen LogP contribution in [0.15, 0.2) is 18.2 Å². The summed E-state index contributed by atoms with van der Waals surface area (Å²) in [5.74, 6) is 0. The van der Waals surface area contributed by atoms with E-state index >= 15 is 0 Å². The second-order valence-corrected chi connectivity index (χ2v) is 3.52. The highest BCUT2D eigenvalue weighted by molar-refractivity contribution is 5.35. The second-order valence-electron chi connectivity index (χ2n) is 3.52. The van der Waals surface area contributed by atoms with Crippen molar-refractivity contribution < 1.29 is 5.11 Å². The maximum Gasteiger partial charge on any atom is 0.0552 e. The van der Waals surface area contributed by atoms with Crippen molar-refractivity contribution in [2.24, 2.45) is 11.5 Å². The molecule has 0 heterocycles. The Hall–Kier alpha value is -0.900. The maximum atomic E-state index is 9.32. The van der Waals surface area contributed by atoms with Crippen LogP contribution >= 0.6 is 0 Å². The normalized spacial score (nSPS) is 12.9. The Morgan fingerprint density at radius 3 is 2.36 bits per heavy atom. The molecule has 0 fully saturated rings. The first-order valence-electron chi connectivity index (χ1n) is 4.86. The Labute approximate surface area is 84.7 Å². The average Bonchev–Trinajstić information content (AvgIpc) is 2.16. The van der Waals surface area contributed by atoms with Crippen LogP contribution in [0.4, 0.5) is 0 Å². The van der Waals surface area contributed by atoms with Crippen molar-refractivity contribution >= 4 is 0 Å². The largest absolute Gasteiger partial charge is 0.393 e. The van der Waals surface area contributed by atoms with E-state index in [1.807, 2.05) is 18.2 Å². The summed E-state index contributed by atoms with van der Waals surface area (Å²) in [5.41, 5.74) is 14.5. The summed E-state index contributed by atoms with van der Waals surface area (Å²) < 4.78 is 0. The van der Waals surface area contributed by atoms with E-state index in [9.17, 15) is 5.11 Å². The number of hydrogen-bond donors (Lipinski definition) is 3. The lowest BCUT2D eigenvalue weighted by Gasteiger charge is -2.13. The Bertz CT molecular complexity index is 297. The van der Waals surface area contributed by atoms with E-state index in [1.54, 1.807) is 6.92 Å². The summed E-state index contributed by atoms with van der Waals surface area (Å²) in [7, 11) is 0. The third kappa shape index (κ3) is 2.54. The highest BCUT2D eigenvalue weighted by Crippen LogP contribution is 2.15. The number of hydrogen-bond acceptors (Lipinski definition) is 3. The van der Waals surface area contributed by atoms with Crippen LogP contribution in [-0.2, 0) is 19.5 Å². The van der Waals surface area contributed by atoms with Crippen LogP contribution in [-0.4, -0.2) is 11.2 Å². The zero-order valence-electron chi connectivity index (χ0n) is 8.53. The Morgan fingerprint density at radius 1 is 1.21 bits per heavy atom. The molecule has 14 heavy (non-hydrogen) atoms. The quantitative estimate of drug-likeness (QED) is 0.654. The molecular weight excluding hydrogens is 176 g/mol. The summed E-state index contributed by atoms with van der Waals surface area (Å²) >= 11 is 0. The van der Waals surface area contributed by atoms with Crippen molar-refractivity contribution in [3.63, 3.8) is 0 Å². The molecule has 1 aromatic carbocycles. The van der Waals surface area contributed by atoms with E-state index in [4.69, 9.17) is 11.5 Å². The van der Waals surface area contributed by atoms with Gasteiger partial charge in [-0.05, 0) is 30.0 Å². The highest BCUT2D eigenvalue weighted by atomic mass is 16.3. The summed E-state index contributed by atoms with van der Waals surface area (Å²) in [6.45, 7) is 2.75. The lowest BCUT2D eigenvalue weighted by Crippen LogP contribution is -2.13. The minimum Gasteiger partial charge on any atom is -0.393 e. The van der Waals surface area contributed by atoms with Crippen molar-refractivity contribution in [3.05, 3.63) is 34.9 Å². The molecule has 5 N–H and O–H groups in total. The van der Waals surface area contributed by atoms with E-state index in [0.717, 1.165) is 16.7 Å². The molecule has 3 heteroatoms. The van der Waals surface area contributed by atoms with Gasteiger partial charge < -0.3 is 16.6 Å². The van der Waals surface area contributed by atoms with Gasteiger partial charge in [-0.1, -0.05) is 18.2 Å². The fourth-order valence-corrected chi connectivity index (χ4v) is 1.65. The first-order chi connectivity index (χ1) is 6.69. The molecule has 0 saturated carbocycles. The van der Waals surface area contributed by atoms with Gasteiger partial charge in [0.15, 0.2) is 0 Å². The summed E-state index contributed by atoms with van der Waals surface area (Å²) in [5, 5.41) is 9.32. The molecule has 0 aliphatic heterocycles. The average molecular weight is 194 g/mol. The molecule has 1 rings (SSSR count). The van der Waals surface area contributed by atoms with Crippen molar-refractivity contribution in [2.45, 2.75) is 32.5 Å². The molecule has 0 aliphatic rings. The van der Waals surface area contributed by atoms with Gasteiger partial charge in [-0.2, -0.15) is 0 Å². The molecule has 0 amide bonds. The molecule has 1 aromatic rings. The fourth-order valence-electron chi connectivity index (χ4n) is 1.65. The van der Waals surface area contributed by atoms with Gasteiger partial charge >= 0.3 is 0 Å². The number of benzene rings is 1. The van der Waals surface area contributed by atoms with Gasteiger partial charge in [0.25, 0.3) is 0 Å². The number of rotatable bonds is 4. The molecular formula is C11H18N2O. The van der Waals surface area contributed by atoms with Crippen LogP contribution in [0.3, 0.4) is 0 Å². The predicted octanol–water partition coefficient (Wildman–Crippen LogP) is 0.527. The van der Waals surface area contributed by atoms with E-state index in [-0.39, 0.29) is 6.10 Å². The first-order valence-corrected chi connectivity index (χ1v) is 4.86. The number of aliphatic hydroxyl groups is 1. The standard InChI is InChI=1S/C11H18N2O/c1-8(14)5-9-3-2-4-10(6-12)11(9)7-13/h2-4,8,14H,5-7,12-13H2,1H3. The van der Waals surface area contributed by atoms with E-state index in [0.29, 0.717) is 19.5 Å². The zero-order valence-corrected chi connectivity index (χ0v) is 8.53. The molecule has 1 atom stereocenters. The monoisotopic (exact) mass is 194 g/mol. The lowest BCUT2D eigenvalue weighted by atomic mass is 9.97. The third-order valence-electron chi connectivity index (χ3n) is 2.31. The predicted molar refractivity (Wildman–Crippen MR) is 57.6 cm³/mol. The maximum absolute atomic E-state index is 9.32. The van der Waals surface area contributed by atoms with Crippen molar-refractivity contribution in [1.29, 1.82) is 0 Å². The van der Waals surface area contributed by atoms with Gasteiger partial charge in [-0.25, -0.2) is 0 Å². The molecule has 0 saturated heterocycles. The third-order valence-corrected chi connectivity index (χ3v) is 2.31. The fraction of sp³-hybridized carbons (Fsp3) is 0.455. The van der Waals surface area contributed by atoms with Gasteiger partial charge in [0.05, 0.1) is 6.10 Å². The van der Waals surface area contributed by atoms with Gasteiger partial charge in [0.2, 0.25) is 0 Å². The Morgan fingerprint density at radius 2 is 1.86 bits per heavy atom. The molecule has 0 aliphatic carbocycles. The van der Waals surface area contributed by atoms with Crippen LogP contribution < -0.4 is 11.5 Å². The summed E-state index contributed by atoms with van der Waals surface area (Å²) in [4.78, 5) is 0. The first kappa shape index (κ1) is 11.2. The van der Waals surface area contributed by atoms with Crippen LogP contribution in [0.25, 0.3) is 0 Å². The van der Waals surface area contributed by atoms with Gasteiger partial charge in [-0.15, -0.1) is 0 Å². The molecule has 0 aromatic heterocycles. The van der Waals surface area contributed by atoms with Crippen LogP contribution in [0.5, 0.6) is 0 Å². The molecule has 0 spiro atoms. The highest BCUT2D eigenvalue weighted by Gasteiger charge is 2.07. The Balaban J connectivity index is 3.02. The van der Waals surface area contributed by atoms with Crippen LogP contribution in [0.2, 0.25) is 0 Å².